The Morgan fingerprint density at radius 1 is 1.08 bits per heavy atom. The molecule has 0 aliphatic carbocycles. The first-order chi connectivity index (χ1) is 12.2. The summed E-state index contributed by atoms with van der Waals surface area (Å²) in [6.07, 6.45) is 1.03. The monoisotopic (exact) mass is 350 g/mol. The van der Waals surface area contributed by atoms with Crippen LogP contribution in [0.5, 0.6) is 0 Å². The second-order valence-electron chi connectivity index (χ2n) is 5.79. The molecule has 4 aromatic rings. The van der Waals surface area contributed by atoms with Crippen LogP contribution in [0.3, 0.4) is 0 Å². The molecule has 4 rings (SSSR count). The van der Waals surface area contributed by atoms with Gasteiger partial charge in [0.15, 0.2) is 0 Å². The Morgan fingerprint density at radius 2 is 1.84 bits per heavy atom. The van der Waals surface area contributed by atoms with E-state index in [0.29, 0.717) is 18.8 Å². The zero-order valence-electron chi connectivity index (χ0n) is 13.9. The van der Waals surface area contributed by atoms with Crippen molar-refractivity contribution in [3.8, 4) is 0 Å². The van der Waals surface area contributed by atoms with E-state index in [1.54, 1.807) is 11.3 Å². The molecule has 0 bridgehead atoms. The van der Waals surface area contributed by atoms with Gasteiger partial charge < -0.3 is 4.57 Å². The van der Waals surface area contributed by atoms with Crippen LogP contribution >= 0.6 is 11.3 Å². The summed E-state index contributed by atoms with van der Waals surface area (Å²) in [5, 5.41) is 3.93. The third-order valence-corrected chi connectivity index (χ3v) is 5.22. The van der Waals surface area contributed by atoms with E-state index in [1.807, 2.05) is 54.0 Å². The number of imidazole rings is 1. The Hall–Kier alpha value is -2.73. The van der Waals surface area contributed by atoms with Crippen molar-refractivity contribution in [1.82, 2.24) is 14.5 Å². The molecule has 0 radical (unpaired) electrons. The minimum atomic E-state index is -0.0377. The Morgan fingerprint density at radius 3 is 2.64 bits per heavy atom. The van der Waals surface area contributed by atoms with Crippen molar-refractivity contribution in [3.05, 3.63) is 53.5 Å². The zero-order valence-corrected chi connectivity index (χ0v) is 14.7. The van der Waals surface area contributed by atoms with Gasteiger partial charge in [0.05, 0.1) is 26.3 Å². The number of aromatic nitrogens is 3. The highest BCUT2D eigenvalue weighted by molar-refractivity contribution is 7.18. The number of fused-ring (bicyclic) bond motifs is 2. The molecule has 2 heterocycles. The summed E-state index contributed by atoms with van der Waals surface area (Å²) in [5.74, 6) is 0.572. The number of rotatable bonds is 5. The molecule has 0 aliphatic rings. The summed E-state index contributed by atoms with van der Waals surface area (Å²) >= 11 is 1.65. The molecule has 0 unspecified atom stereocenters. The normalized spacial score (nSPS) is 11.2. The molecule has 0 saturated heterocycles. The average Bonchev–Trinajstić information content (AvgIpc) is 3.20. The standard InChI is InChI=1S/C19H18N4OS/c1-2-23-15-9-5-3-7-13(15)21-19(23)22-17(24)11-12-18-20-14-8-4-6-10-16(14)25-18/h3-10H,2,11-12H2,1H3,(H,21,22,24). The van der Waals surface area contributed by atoms with Crippen LogP contribution in [0, 0.1) is 0 Å². The molecule has 0 atom stereocenters. The number of thiazole rings is 1. The highest BCUT2D eigenvalue weighted by Crippen LogP contribution is 2.23. The summed E-state index contributed by atoms with van der Waals surface area (Å²) in [5.41, 5.74) is 2.92. The molecule has 0 spiro atoms. The molecule has 1 N–H and O–H groups in total. The van der Waals surface area contributed by atoms with Crippen LogP contribution in [-0.2, 0) is 17.8 Å². The smallest absolute Gasteiger partial charge is 0.227 e. The molecular weight excluding hydrogens is 332 g/mol. The summed E-state index contributed by atoms with van der Waals surface area (Å²) in [7, 11) is 0. The van der Waals surface area contributed by atoms with Gasteiger partial charge in [-0.2, -0.15) is 0 Å². The van der Waals surface area contributed by atoms with Gasteiger partial charge in [0, 0.05) is 19.4 Å². The number of hydrogen-bond donors (Lipinski definition) is 1. The van der Waals surface area contributed by atoms with Gasteiger partial charge in [0.25, 0.3) is 0 Å². The van der Waals surface area contributed by atoms with E-state index < -0.39 is 0 Å². The fraction of sp³-hybridized carbons (Fsp3) is 0.211. The molecule has 6 heteroatoms. The van der Waals surface area contributed by atoms with Crippen molar-refractivity contribution < 1.29 is 4.79 Å². The molecule has 0 aliphatic heterocycles. The van der Waals surface area contributed by atoms with Gasteiger partial charge in [-0.15, -0.1) is 11.3 Å². The Labute approximate surface area is 149 Å². The van der Waals surface area contributed by atoms with Crippen LogP contribution in [0.4, 0.5) is 5.95 Å². The molecule has 5 nitrogen and oxygen atoms in total. The first kappa shape index (κ1) is 15.8. The number of anilines is 1. The molecule has 1 amide bonds. The number of nitrogens with zero attached hydrogens (tertiary/aromatic N) is 3. The average molecular weight is 350 g/mol. The SMILES string of the molecule is CCn1c(NC(=O)CCc2nc3ccccc3s2)nc2ccccc21. The van der Waals surface area contributed by atoms with E-state index in [0.717, 1.165) is 32.8 Å². The molecule has 0 fully saturated rings. The van der Waals surface area contributed by atoms with Gasteiger partial charge in [-0.25, -0.2) is 9.97 Å². The highest BCUT2D eigenvalue weighted by Gasteiger charge is 2.13. The van der Waals surface area contributed by atoms with Crippen LogP contribution in [-0.4, -0.2) is 20.4 Å². The number of amides is 1. The maximum absolute atomic E-state index is 12.4. The molecule has 126 valence electrons. The minimum Gasteiger partial charge on any atom is -0.310 e. The van der Waals surface area contributed by atoms with Crippen molar-refractivity contribution in [1.29, 1.82) is 0 Å². The topological polar surface area (TPSA) is 59.8 Å². The Bertz CT molecular complexity index is 1020. The lowest BCUT2D eigenvalue weighted by atomic mass is 10.3. The number of para-hydroxylation sites is 3. The maximum Gasteiger partial charge on any atom is 0.227 e. The van der Waals surface area contributed by atoms with E-state index in [9.17, 15) is 4.79 Å². The van der Waals surface area contributed by atoms with Crippen molar-refractivity contribution in [2.24, 2.45) is 0 Å². The summed E-state index contributed by atoms with van der Waals surface area (Å²) in [4.78, 5) is 21.5. The van der Waals surface area contributed by atoms with Gasteiger partial charge in [0.2, 0.25) is 11.9 Å². The molecule has 25 heavy (non-hydrogen) atoms. The van der Waals surface area contributed by atoms with Gasteiger partial charge in [-0.05, 0) is 31.2 Å². The number of carbonyl (C=O) groups is 1. The van der Waals surface area contributed by atoms with E-state index in [-0.39, 0.29) is 5.91 Å². The third kappa shape index (κ3) is 3.13. The second kappa shape index (κ2) is 6.64. The lowest BCUT2D eigenvalue weighted by molar-refractivity contribution is -0.116. The van der Waals surface area contributed by atoms with Crippen LogP contribution < -0.4 is 5.32 Å². The van der Waals surface area contributed by atoms with E-state index in [2.05, 4.69) is 21.4 Å². The van der Waals surface area contributed by atoms with E-state index in [1.165, 1.54) is 0 Å². The fourth-order valence-corrected chi connectivity index (χ4v) is 3.89. The molecular formula is C19H18N4OS. The lowest BCUT2D eigenvalue weighted by Gasteiger charge is -2.07. The fourth-order valence-electron chi connectivity index (χ4n) is 2.93. The quantitative estimate of drug-likeness (QED) is 0.586. The van der Waals surface area contributed by atoms with Crippen molar-refractivity contribution in [2.45, 2.75) is 26.3 Å². The third-order valence-electron chi connectivity index (χ3n) is 4.13. The highest BCUT2D eigenvalue weighted by atomic mass is 32.1. The van der Waals surface area contributed by atoms with Crippen LogP contribution in [0.2, 0.25) is 0 Å². The summed E-state index contributed by atoms with van der Waals surface area (Å²) in [6, 6.07) is 15.9. The number of carbonyl (C=O) groups excluding carboxylic acids is 1. The van der Waals surface area contributed by atoms with Gasteiger partial charge in [-0.1, -0.05) is 24.3 Å². The van der Waals surface area contributed by atoms with Crippen molar-refractivity contribution in [3.63, 3.8) is 0 Å². The van der Waals surface area contributed by atoms with Crippen LogP contribution in [0.1, 0.15) is 18.4 Å². The second-order valence-corrected chi connectivity index (χ2v) is 6.91. The van der Waals surface area contributed by atoms with E-state index >= 15 is 0 Å². The molecule has 2 aromatic carbocycles. The predicted molar refractivity (Wildman–Crippen MR) is 102 cm³/mol. The minimum absolute atomic E-state index is 0.0377. The first-order valence-corrected chi connectivity index (χ1v) is 9.16. The summed E-state index contributed by atoms with van der Waals surface area (Å²) < 4.78 is 3.18. The maximum atomic E-state index is 12.4. The van der Waals surface area contributed by atoms with Gasteiger partial charge >= 0.3 is 0 Å². The van der Waals surface area contributed by atoms with Gasteiger partial charge in [-0.3, -0.25) is 10.1 Å². The number of hydrogen-bond acceptors (Lipinski definition) is 4. The Balaban J connectivity index is 1.47. The first-order valence-electron chi connectivity index (χ1n) is 8.34. The Kier molecular flexibility index (Phi) is 4.19. The van der Waals surface area contributed by atoms with Crippen LogP contribution in [0.25, 0.3) is 21.3 Å². The number of benzene rings is 2. The summed E-state index contributed by atoms with van der Waals surface area (Å²) in [6.45, 7) is 2.80. The predicted octanol–water partition coefficient (Wildman–Crippen LogP) is 4.24. The zero-order chi connectivity index (χ0) is 17.2. The molecule has 2 aromatic heterocycles. The van der Waals surface area contributed by atoms with Crippen molar-refractivity contribution >= 4 is 44.4 Å². The van der Waals surface area contributed by atoms with Crippen LogP contribution in [0.15, 0.2) is 48.5 Å². The largest absolute Gasteiger partial charge is 0.310 e. The van der Waals surface area contributed by atoms with Gasteiger partial charge in [0.1, 0.15) is 0 Å². The van der Waals surface area contributed by atoms with Crippen molar-refractivity contribution in [2.75, 3.05) is 5.32 Å². The lowest BCUT2D eigenvalue weighted by Crippen LogP contribution is -2.16. The number of aryl methyl sites for hydroxylation is 2. The van der Waals surface area contributed by atoms with E-state index in [4.69, 9.17) is 0 Å². The molecule has 0 saturated carbocycles. The number of nitrogens with one attached hydrogen (secondary N) is 1.